The number of alkyl halides is 3. The Bertz CT molecular complexity index is 474. The standard InChI is InChI=1S/C13H16F4N2O/c1-2-3-8(18)6-12(20)19-9-4-5-11(14)10(7-9)13(15,16)17/h4-5,7-8H,2-3,6,18H2,1H3,(H,19,20). The molecule has 1 unspecified atom stereocenters. The maximum atomic E-state index is 13.1. The first kappa shape index (κ1) is 16.4. The lowest BCUT2D eigenvalue weighted by molar-refractivity contribution is -0.140. The molecule has 0 aliphatic carbocycles. The minimum atomic E-state index is -4.80. The highest BCUT2D eigenvalue weighted by molar-refractivity contribution is 5.91. The zero-order chi connectivity index (χ0) is 15.3. The van der Waals surface area contributed by atoms with Gasteiger partial charge in [0.25, 0.3) is 0 Å². The third-order valence-corrected chi connectivity index (χ3v) is 2.66. The molecule has 7 heteroatoms. The van der Waals surface area contributed by atoms with Crippen LogP contribution in [0.1, 0.15) is 31.7 Å². The molecule has 20 heavy (non-hydrogen) atoms. The van der Waals surface area contributed by atoms with E-state index in [1.165, 1.54) is 0 Å². The molecule has 1 amide bonds. The van der Waals surface area contributed by atoms with Crippen molar-refractivity contribution >= 4 is 11.6 Å². The van der Waals surface area contributed by atoms with Crippen LogP contribution < -0.4 is 11.1 Å². The van der Waals surface area contributed by atoms with Gasteiger partial charge in [-0.2, -0.15) is 13.2 Å². The van der Waals surface area contributed by atoms with Gasteiger partial charge in [-0.15, -0.1) is 0 Å². The van der Waals surface area contributed by atoms with E-state index in [1.807, 2.05) is 6.92 Å². The molecule has 0 saturated carbocycles. The summed E-state index contributed by atoms with van der Waals surface area (Å²) in [6.07, 6.45) is -3.34. The van der Waals surface area contributed by atoms with Crippen molar-refractivity contribution in [1.82, 2.24) is 0 Å². The topological polar surface area (TPSA) is 55.1 Å². The van der Waals surface area contributed by atoms with Crippen molar-refractivity contribution in [3.05, 3.63) is 29.6 Å². The molecule has 3 N–H and O–H groups in total. The van der Waals surface area contributed by atoms with Gasteiger partial charge in [0.2, 0.25) is 5.91 Å². The highest BCUT2D eigenvalue weighted by Crippen LogP contribution is 2.33. The van der Waals surface area contributed by atoms with Gasteiger partial charge in [0.15, 0.2) is 0 Å². The number of halogens is 4. The number of anilines is 1. The summed E-state index contributed by atoms with van der Waals surface area (Å²) in [5, 5.41) is 2.29. The van der Waals surface area contributed by atoms with Gasteiger partial charge in [-0.25, -0.2) is 4.39 Å². The van der Waals surface area contributed by atoms with Crippen LogP contribution in [0.4, 0.5) is 23.2 Å². The van der Waals surface area contributed by atoms with Gasteiger partial charge in [-0.05, 0) is 24.6 Å². The van der Waals surface area contributed by atoms with Crippen molar-refractivity contribution in [2.75, 3.05) is 5.32 Å². The number of rotatable bonds is 5. The van der Waals surface area contributed by atoms with E-state index in [4.69, 9.17) is 5.73 Å². The van der Waals surface area contributed by atoms with Crippen LogP contribution in [0.3, 0.4) is 0 Å². The summed E-state index contributed by atoms with van der Waals surface area (Å²) in [5.41, 5.74) is 4.15. The molecule has 0 aromatic heterocycles. The van der Waals surface area contributed by atoms with Gasteiger partial charge >= 0.3 is 6.18 Å². The lowest BCUT2D eigenvalue weighted by Crippen LogP contribution is -2.27. The number of nitrogens with two attached hydrogens (primary N) is 1. The maximum absolute atomic E-state index is 13.1. The minimum absolute atomic E-state index is 0.00652. The number of nitrogens with one attached hydrogen (secondary N) is 1. The van der Waals surface area contributed by atoms with Gasteiger partial charge in [-0.3, -0.25) is 4.79 Å². The average molecular weight is 292 g/mol. The Hall–Kier alpha value is -1.63. The molecule has 1 aromatic carbocycles. The Morgan fingerprint density at radius 2 is 2.05 bits per heavy atom. The number of hydrogen-bond donors (Lipinski definition) is 2. The van der Waals surface area contributed by atoms with Crippen LogP contribution in [0.5, 0.6) is 0 Å². The lowest BCUT2D eigenvalue weighted by atomic mass is 10.1. The molecule has 0 radical (unpaired) electrons. The Morgan fingerprint density at radius 1 is 1.40 bits per heavy atom. The maximum Gasteiger partial charge on any atom is 0.419 e. The summed E-state index contributed by atoms with van der Waals surface area (Å²) in [5.74, 6) is -1.87. The van der Waals surface area contributed by atoms with Crippen LogP contribution in [0.25, 0.3) is 0 Å². The molecule has 1 aromatic rings. The summed E-state index contributed by atoms with van der Waals surface area (Å²) >= 11 is 0. The molecule has 0 spiro atoms. The van der Waals surface area contributed by atoms with Crippen LogP contribution in [0.15, 0.2) is 18.2 Å². The second kappa shape index (κ2) is 6.69. The molecule has 0 bridgehead atoms. The first-order valence-corrected chi connectivity index (χ1v) is 6.16. The minimum Gasteiger partial charge on any atom is -0.327 e. The third-order valence-electron chi connectivity index (χ3n) is 2.66. The summed E-state index contributed by atoms with van der Waals surface area (Å²) in [6, 6.07) is 1.97. The van der Waals surface area contributed by atoms with E-state index in [-0.39, 0.29) is 18.2 Å². The summed E-state index contributed by atoms with van der Waals surface area (Å²) in [7, 11) is 0. The molecule has 0 aliphatic rings. The van der Waals surface area contributed by atoms with Crippen molar-refractivity contribution in [2.45, 2.75) is 38.4 Å². The zero-order valence-electron chi connectivity index (χ0n) is 10.9. The smallest absolute Gasteiger partial charge is 0.327 e. The SMILES string of the molecule is CCCC(N)CC(=O)Nc1ccc(F)c(C(F)(F)F)c1. The monoisotopic (exact) mass is 292 g/mol. The normalized spacial score (nSPS) is 13.1. The fourth-order valence-corrected chi connectivity index (χ4v) is 1.74. The van der Waals surface area contributed by atoms with Crippen LogP contribution in [0.2, 0.25) is 0 Å². The van der Waals surface area contributed by atoms with Gasteiger partial charge in [0.1, 0.15) is 5.82 Å². The molecule has 0 aliphatic heterocycles. The molecule has 0 saturated heterocycles. The molecule has 1 atom stereocenters. The Balaban J connectivity index is 2.76. The number of benzene rings is 1. The molecule has 112 valence electrons. The van der Waals surface area contributed by atoms with E-state index >= 15 is 0 Å². The largest absolute Gasteiger partial charge is 0.419 e. The van der Waals surface area contributed by atoms with E-state index in [1.54, 1.807) is 0 Å². The second-order valence-electron chi connectivity index (χ2n) is 4.49. The van der Waals surface area contributed by atoms with Crippen molar-refractivity contribution < 1.29 is 22.4 Å². The first-order valence-electron chi connectivity index (χ1n) is 6.16. The quantitative estimate of drug-likeness (QED) is 0.818. The molecule has 1 rings (SSSR count). The van der Waals surface area contributed by atoms with Crippen molar-refractivity contribution in [3.8, 4) is 0 Å². The highest BCUT2D eigenvalue weighted by atomic mass is 19.4. The number of carbonyl (C=O) groups is 1. The van der Waals surface area contributed by atoms with Gasteiger partial charge in [-0.1, -0.05) is 13.3 Å². The summed E-state index contributed by atoms with van der Waals surface area (Å²) < 4.78 is 50.6. The predicted octanol–water partition coefficient (Wildman–Crippen LogP) is 3.30. The Labute approximate surface area is 114 Å². The van der Waals surface area contributed by atoms with E-state index in [0.29, 0.717) is 18.6 Å². The van der Waals surface area contributed by atoms with E-state index in [0.717, 1.165) is 12.5 Å². The zero-order valence-corrected chi connectivity index (χ0v) is 10.9. The second-order valence-corrected chi connectivity index (χ2v) is 4.49. The first-order chi connectivity index (χ1) is 9.24. The fraction of sp³-hybridized carbons (Fsp3) is 0.462. The summed E-state index contributed by atoms with van der Waals surface area (Å²) in [4.78, 5) is 11.6. The van der Waals surface area contributed by atoms with Crippen molar-refractivity contribution in [2.24, 2.45) is 5.73 Å². The van der Waals surface area contributed by atoms with Crippen molar-refractivity contribution in [3.63, 3.8) is 0 Å². The van der Waals surface area contributed by atoms with E-state index in [2.05, 4.69) is 5.32 Å². The average Bonchev–Trinajstić information content (AvgIpc) is 2.30. The lowest BCUT2D eigenvalue weighted by Gasteiger charge is -2.13. The van der Waals surface area contributed by atoms with E-state index in [9.17, 15) is 22.4 Å². The molecule has 0 fully saturated rings. The Kier molecular flexibility index (Phi) is 5.50. The molecule has 3 nitrogen and oxygen atoms in total. The van der Waals surface area contributed by atoms with Gasteiger partial charge in [0, 0.05) is 18.2 Å². The highest BCUT2D eigenvalue weighted by Gasteiger charge is 2.34. The number of amides is 1. The van der Waals surface area contributed by atoms with Crippen molar-refractivity contribution in [1.29, 1.82) is 0 Å². The van der Waals surface area contributed by atoms with Crippen LogP contribution >= 0.6 is 0 Å². The predicted molar refractivity (Wildman–Crippen MR) is 67.5 cm³/mol. The van der Waals surface area contributed by atoms with Crippen LogP contribution in [-0.4, -0.2) is 11.9 Å². The van der Waals surface area contributed by atoms with Gasteiger partial charge in [0.05, 0.1) is 5.56 Å². The number of hydrogen-bond acceptors (Lipinski definition) is 2. The summed E-state index contributed by atoms with van der Waals surface area (Å²) in [6.45, 7) is 1.91. The third kappa shape index (κ3) is 4.80. The number of carbonyl (C=O) groups excluding carboxylic acids is 1. The van der Waals surface area contributed by atoms with Crippen LogP contribution in [-0.2, 0) is 11.0 Å². The molecular formula is C13H16F4N2O. The van der Waals surface area contributed by atoms with Gasteiger partial charge < -0.3 is 11.1 Å². The Morgan fingerprint density at radius 3 is 2.60 bits per heavy atom. The van der Waals surface area contributed by atoms with E-state index < -0.39 is 23.5 Å². The van der Waals surface area contributed by atoms with Crippen LogP contribution in [0, 0.1) is 5.82 Å². The fourth-order valence-electron chi connectivity index (χ4n) is 1.74. The molecular weight excluding hydrogens is 276 g/mol. The molecule has 0 heterocycles.